The van der Waals surface area contributed by atoms with E-state index < -0.39 is 52.4 Å². The van der Waals surface area contributed by atoms with E-state index in [2.05, 4.69) is 0 Å². The molecule has 0 bridgehead atoms. The van der Waals surface area contributed by atoms with Crippen LogP contribution in [-0.2, 0) is 19.1 Å². The molecule has 1 aromatic heterocycles. The summed E-state index contributed by atoms with van der Waals surface area (Å²) in [6, 6.07) is -0.324. The van der Waals surface area contributed by atoms with Crippen LogP contribution in [0.5, 0.6) is 0 Å². The van der Waals surface area contributed by atoms with Crippen molar-refractivity contribution in [1.82, 2.24) is 9.80 Å². The number of ether oxygens (including phenoxy) is 1. The van der Waals surface area contributed by atoms with Crippen LogP contribution in [0.2, 0.25) is 0 Å². The van der Waals surface area contributed by atoms with Gasteiger partial charge in [0.1, 0.15) is 24.7 Å². The predicted molar refractivity (Wildman–Crippen MR) is 111 cm³/mol. The van der Waals surface area contributed by atoms with Crippen molar-refractivity contribution in [3.63, 3.8) is 0 Å². The Hall–Kier alpha value is -1.59. The normalized spacial score (nSPS) is 18.6. The second-order valence-corrected chi connectivity index (χ2v) is 10.4. The van der Waals surface area contributed by atoms with Gasteiger partial charge < -0.3 is 20.5 Å². The Morgan fingerprint density at radius 2 is 2.03 bits per heavy atom. The van der Waals surface area contributed by atoms with Gasteiger partial charge in [0.2, 0.25) is 9.70 Å². The van der Waals surface area contributed by atoms with E-state index in [4.69, 9.17) is 45.3 Å². The fourth-order valence-corrected chi connectivity index (χ4v) is 3.86. The maximum Gasteiger partial charge on any atom is 0.417 e. The molecule has 2 heterocycles. The van der Waals surface area contributed by atoms with Crippen LogP contribution in [0.15, 0.2) is 17.5 Å². The maximum absolute atomic E-state index is 13.0. The van der Waals surface area contributed by atoms with Crippen molar-refractivity contribution in [2.45, 2.75) is 35.8 Å². The lowest BCUT2D eigenvalue weighted by Gasteiger charge is -2.46. The molecular weight excluding hydrogens is 481 g/mol. The Labute approximate surface area is 191 Å². The van der Waals surface area contributed by atoms with Crippen LogP contribution in [0.25, 0.3) is 0 Å². The average Bonchev–Trinajstić information content (AvgIpc) is 3.17. The fraction of sp³-hybridized carbons (Fsp3) is 0.529. The number of alkyl halides is 3. The molecule has 9 nitrogen and oxygen atoms in total. The number of halogens is 3. The Bertz CT molecular complexity index is 814. The number of carboxylic acids is 1. The van der Waals surface area contributed by atoms with Gasteiger partial charge >= 0.3 is 12.1 Å². The Morgan fingerprint density at radius 1 is 1.40 bits per heavy atom. The third kappa shape index (κ3) is 5.55. The largest absolute Gasteiger partial charge is 0.480 e. The summed E-state index contributed by atoms with van der Waals surface area (Å²) in [7, 11) is 0. The monoisotopic (exact) mass is 499 g/mol. The summed E-state index contributed by atoms with van der Waals surface area (Å²) >= 11 is 17.9. The van der Waals surface area contributed by atoms with Gasteiger partial charge in [-0.1, -0.05) is 54.7 Å². The number of rotatable bonds is 7. The third-order valence-corrected chi connectivity index (χ3v) is 5.66. The Balaban J connectivity index is 2.26. The van der Waals surface area contributed by atoms with Crippen LogP contribution < -0.4 is 5.73 Å². The summed E-state index contributed by atoms with van der Waals surface area (Å²) in [5, 5.41) is 11.1. The van der Waals surface area contributed by atoms with Crippen LogP contribution >= 0.6 is 46.1 Å². The summed E-state index contributed by atoms with van der Waals surface area (Å²) in [4.78, 5) is 51.9. The van der Waals surface area contributed by atoms with Crippen molar-refractivity contribution >= 4 is 70.0 Å². The molecule has 3 atom stereocenters. The van der Waals surface area contributed by atoms with Gasteiger partial charge in [0.15, 0.2) is 0 Å². The summed E-state index contributed by atoms with van der Waals surface area (Å²) in [6.45, 7) is 2.44. The van der Waals surface area contributed by atoms with Crippen LogP contribution in [0, 0.1) is 5.92 Å². The van der Waals surface area contributed by atoms with E-state index in [9.17, 15) is 24.3 Å². The molecule has 13 heteroatoms. The second kappa shape index (κ2) is 9.69. The molecule has 0 aliphatic carbocycles. The highest BCUT2D eigenvalue weighted by Crippen LogP contribution is 2.29. The molecule has 0 spiro atoms. The SMILES string of the molecule is CC(C)C(C(=O)O)N1CC(N(C(=O)OCC(Cl)(Cl)Cl)C(=O)C(N)c2cccs2)C1=O. The molecule has 166 valence electrons. The number of thiophene rings is 1. The first-order valence-corrected chi connectivity index (χ1v) is 10.7. The quantitative estimate of drug-likeness (QED) is 0.434. The highest BCUT2D eigenvalue weighted by atomic mass is 35.6. The molecule has 0 saturated carbocycles. The Morgan fingerprint density at radius 3 is 2.47 bits per heavy atom. The zero-order chi connectivity index (χ0) is 22.8. The van der Waals surface area contributed by atoms with E-state index >= 15 is 0 Å². The van der Waals surface area contributed by atoms with Crippen molar-refractivity contribution in [2.75, 3.05) is 13.2 Å². The van der Waals surface area contributed by atoms with Crippen molar-refractivity contribution in [2.24, 2.45) is 11.7 Å². The molecule has 3 amide bonds. The van der Waals surface area contributed by atoms with Gasteiger partial charge in [-0.15, -0.1) is 11.3 Å². The summed E-state index contributed by atoms with van der Waals surface area (Å²) in [5.41, 5.74) is 5.97. The molecule has 1 aliphatic rings. The number of likely N-dealkylation sites (tertiary alicyclic amines) is 1. The number of amides is 3. The predicted octanol–water partition coefficient (Wildman–Crippen LogP) is 2.40. The van der Waals surface area contributed by atoms with Gasteiger partial charge in [-0.3, -0.25) is 9.59 Å². The summed E-state index contributed by atoms with van der Waals surface area (Å²) in [5.74, 6) is -3.18. The average molecular weight is 501 g/mol. The fourth-order valence-electron chi connectivity index (χ4n) is 2.98. The molecule has 1 fully saturated rings. The van der Waals surface area contributed by atoms with Crippen LogP contribution in [0.3, 0.4) is 0 Å². The van der Waals surface area contributed by atoms with Gasteiger partial charge in [-0.2, -0.15) is 0 Å². The first-order valence-electron chi connectivity index (χ1n) is 8.74. The number of nitrogens with two attached hydrogens (primary N) is 1. The van der Waals surface area contributed by atoms with E-state index in [1.54, 1.807) is 31.4 Å². The standard InChI is InChI=1S/C17H20Cl3N3O6S/c1-8(2)12(15(26)27)22-6-9(13(22)24)23(16(28)29-7-17(18,19)20)14(25)11(21)10-4-3-5-30-10/h3-5,8-9,11-12H,6-7,21H2,1-2H3,(H,26,27). The molecule has 30 heavy (non-hydrogen) atoms. The number of aliphatic carboxylic acids is 1. The topological polar surface area (TPSA) is 130 Å². The van der Waals surface area contributed by atoms with Crippen LogP contribution in [0.4, 0.5) is 4.79 Å². The number of carboxylic acid groups (broad SMARTS) is 1. The maximum atomic E-state index is 13.0. The molecule has 1 aromatic rings. The minimum atomic E-state index is -1.93. The number of hydrogen-bond acceptors (Lipinski definition) is 7. The molecule has 2 rings (SSSR count). The number of carbonyl (C=O) groups excluding carboxylic acids is 3. The summed E-state index contributed by atoms with van der Waals surface area (Å²) in [6.07, 6.45) is -1.22. The van der Waals surface area contributed by atoms with E-state index in [1.807, 2.05) is 0 Å². The molecule has 3 N–H and O–H groups in total. The first-order chi connectivity index (χ1) is 13.8. The van der Waals surface area contributed by atoms with Crippen molar-refractivity contribution in [3.8, 4) is 0 Å². The lowest BCUT2D eigenvalue weighted by Crippen LogP contribution is -2.70. The molecule has 1 saturated heterocycles. The smallest absolute Gasteiger partial charge is 0.417 e. The zero-order valence-corrected chi connectivity index (χ0v) is 19.0. The van der Waals surface area contributed by atoms with E-state index in [-0.39, 0.29) is 12.5 Å². The van der Waals surface area contributed by atoms with Crippen LogP contribution in [-0.4, -0.2) is 67.8 Å². The second-order valence-electron chi connectivity index (χ2n) is 6.90. The number of hydrogen-bond donors (Lipinski definition) is 2. The van der Waals surface area contributed by atoms with Crippen molar-refractivity contribution in [3.05, 3.63) is 22.4 Å². The van der Waals surface area contributed by atoms with Gasteiger partial charge in [-0.05, 0) is 17.4 Å². The zero-order valence-electron chi connectivity index (χ0n) is 16.0. The van der Waals surface area contributed by atoms with Gasteiger partial charge in [0, 0.05) is 4.88 Å². The van der Waals surface area contributed by atoms with E-state index in [0.29, 0.717) is 9.78 Å². The number of imide groups is 1. The number of carbonyl (C=O) groups is 4. The lowest BCUT2D eigenvalue weighted by atomic mass is 9.95. The van der Waals surface area contributed by atoms with Crippen molar-refractivity contribution in [1.29, 1.82) is 0 Å². The lowest BCUT2D eigenvalue weighted by molar-refractivity contribution is -0.167. The van der Waals surface area contributed by atoms with Gasteiger partial charge in [-0.25, -0.2) is 14.5 Å². The molecule has 1 aliphatic heterocycles. The molecule has 0 radical (unpaired) electrons. The first kappa shape index (κ1) is 24.7. The minimum absolute atomic E-state index is 0.181. The molecular formula is C17H20Cl3N3O6S. The number of β-lactam (4-membered cyclic amide) rings is 1. The number of nitrogens with zero attached hydrogens (tertiary/aromatic N) is 2. The highest BCUT2D eigenvalue weighted by molar-refractivity contribution is 7.10. The van der Waals surface area contributed by atoms with E-state index in [0.717, 1.165) is 4.90 Å². The van der Waals surface area contributed by atoms with Gasteiger partial charge in [0.25, 0.3) is 5.91 Å². The van der Waals surface area contributed by atoms with Crippen LogP contribution in [0.1, 0.15) is 24.8 Å². The minimum Gasteiger partial charge on any atom is -0.480 e. The van der Waals surface area contributed by atoms with Crippen molar-refractivity contribution < 1.29 is 29.0 Å². The van der Waals surface area contributed by atoms with E-state index in [1.165, 1.54) is 11.3 Å². The van der Waals surface area contributed by atoms with Gasteiger partial charge in [0.05, 0.1) is 6.54 Å². The highest BCUT2D eigenvalue weighted by Gasteiger charge is 2.52. The Kier molecular flexibility index (Phi) is 7.97. The third-order valence-electron chi connectivity index (χ3n) is 4.38. The molecule has 0 aromatic carbocycles. The molecule has 3 unspecified atom stereocenters. The summed E-state index contributed by atoms with van der Waals surface area (Å²) < 4.78 is 2.96.